The van der Waals surface area contributed by atoms with Gasteiger partial charge in [0.15, 0.2) is 0 Å². The van der Waals surface area contributed by atoms with Gasteiger partial charge in [0.2, 0.25) is 0 Å². The molecule has 0 rings (SSSR count). The van der Waals surface area contributed by atoms with Gasteiger partial charge >= 0.3 is 12.1 Å². The number of hydrogen-bond acceptors (Lipinski definition) is 6. The van der Waals surface area contributed by atoms with Gasteiger partial charge in [-0.15, -0.1) is 0 Å². The van der Waals surface area contributed by atoms with Crippen LogP contribution in [0.4, 0.5) is 4.79 Å². The number of carboxylic acids is 1. The Morgan fingerprint density at radius 1 is 1.29 bits per heavy atom. The summed E-state index contributed by atoms with van der Waals surface area (Å²) < 4.78 is 5.06. The van der Waals surface area contributed by atoms with Crippen molar-refractivity contribution in [2.45, 2.75) is 69.6 Å². The first kappa shape index (κ1) is 22.8. The van der Waals surface area contributed by atoms with Crippen molar-refractivity contribution in [3.8, 4) is 0 Å². The molecule has 0 aliphatic carbocycles. The Labute approximate surface area is 150 Å². The quantitative estimate of drug-likeness (QED) is 0.282. The molecule has 0 radical (unpaired) electrons. The predicted molar refractivity (Wildman–Crippen MR) is 98.1 cm³/mol. The largest absolute Gasteiger partial charge is 0.480 e. The Balaban J connectivity index is 4.89. The number of nitrogens with one attached hydrogen (secondary N) is 1. The Morgan fingerprint density at radius 2 is 1.88 bits per heavy atom. The highest BCUT2D eigenvalue weighted by atomic mass is 33.1. The van der Waals surface area contributed by atoms with E-state index in [4.69, 9.17) is 10.3 Å². The summed E-state index contributed by atoms with van der Waals surface area (Å²) in [5.74, 6) is -1.16. The Morgan fingerprint density at radius 3 is 2.29 bits per heavy atom. The van der Waals surface area contributed by atoms with Crippen molar-refractivity contribution in [2.75, 3.05) is 6.54 Å². The topological polar surface area (TPSA) is 124 Å². The minimum atomic E-state index is -1.16. The second kappa shape index (κ2) is 9.90. The first-order valence-electron chi connectivity index (χ1n) is 7.41. The van der Waals surface area contributed by atoms with E-state index in [1.165, 1.54) is 10.8 Å². The maximum absolute atomic E-state index is 11.8. The molecule has 0 saturated heterocycles. The lowest BCUT2D eigenvalue weighted by Gasteiger charge is -2.25. The van der Waals surface area contributed by atoms with Crippen LogP contribution in [0.15, 0.2) is 5.11 Å². The third kappa shape index (κ3) is 12.2. The monoisotopic (exact) mass is 378 g/mol. The summed E-state index contributed by atoms with van der Waals surface area (Å²) in [6.45, 7) is 11.3. The molecular weight excluding hydrogens is 352 g/mol. The summed E-state index contributed by atoms with van der Waals surface area (Å²) in [5, 5.41) is 15.0. The van der Waals surface area contributed by atoms with Gasteiger partial charge in [-0.3, -0.25) is 0 Å². The number of ether oxygens (including phenoxy) is 1. The molecule has 1 unspecified atom stereocenters. The minimum absolute atomic E-state index is 0.0312. The van der Waals surface area contributed by atoms with E-state index in [1.54, 1.807) is 31.6 Å². The molecule has 0 aliphatic rings. The Bertz CT molecular complexity index is 482. The van der Waals surface area contributed by atoms with E-state index in [9.17, 15) is 14.7 Å². The van der Waals surface area contributed by atoms with Crippen molar-refractivity contribution in [3.63, 3.8) is 0 Å². The molecule has 0 spiro atoms. The molecule has 0 aromatic rings. The molecule has 10 heteroatoms. The molecule has 0 aromatic heterocycles. The van der Waals surface area contributed by atoms with Gasteiger partial charge in [-0.2, -0.15) is 0 Å². The maximum Gasteiger partial charge on any atom is 0.408 e. The van der Waals surface area contributed by atoms with Crippen LogP contribution in [-0.4, -0.2) is 45.4 Å². The zero-order valence-corrected chi connectivity index (χ0v) is 16.5. The zero-order chi connectivity index (χ0) is 19.0. The van der Waals surface area contributed by atoms with Crippen molar-refractivity contribution < 1.29 is 19.4 Å². The van der Waals surface area contributed by atoms with E-state index < -0.39 is 23.7 Å². The van der Waals surface area contributed by atoms with Gasteiger partial charge < -0.3 is 15.2 Å². The third-order valence-electron chi connectivity index (χ3n) is 2.27. The summed E-state index contributed by atoms with van der Waals surface area (Å²) in [6, 6.07) is -1.12. The number of alkyl carbamates (subject to hydrolysis) is 1. The second-order valence-corrected chi connectivity index (χ2v) is 10.4. The SMILES string of the molecule is CC(C)(C)OC(=O)NC(C[C@@H](CN=[N+]=[N-])SSC(C)(C)C)C(=O)O. The average Bonchev–Trinajstić information content (AvgIpc) is 2.37. The maximum atomic E-state index is 11.8. The minimum Gasteiger partial charge on any atom is -0.480 e. The van der Waals surface area contributed by atoms with Crippen molar-refractivity contribution in [3.05, 3.63) is 10.4 Å². The van der Waals surface area contributed by atoms with E-state index in [0.717, 1.165) is 0 Å². The van der Waals surface area contributed by atoms with Crippen LogP contribution in [0.1, 0.15) is 48.0 Å². The van der Waals surface area contributed by atoms with Crippen LogP contribution >= 0.6 is 21.6 Å². The number of rotatable bonds is 8. The van der Waals surface area contributed by atoms with Crippen molar-refractivity contribution >= 4 is 33.7 Å². The number of azide groups is 1. The standard InChI is InChI=1S/C14H26N4O4S2/c1-13(2,3)22-12(21)17-10(11(19)20)7-9(8-16-18-15)23-24-14(4,5)6/h9-10H,7-8H2,1-6H3,(H,17,21)(H,19,20)/t9-,10?/m0/s1. The van der Waals surface area contributed by atoms with Gasteiger partial charge in [-0.1, -0.05) is 47.5 Å². The Kier molecular flexibility index (Phi) is 9.39. The molecule has 0 aromatic carbocycles. The molecular formula is C14H26N4O4S2. The van der Waals surface area contributed by atoms with Crippen LogP contribution in [0.5, 0.6) is 0 Å². The average molecular weight is 379 g/mol. The number of hydrogen-bond donors (Lipinski definition) is 2. The summed E-state index contributed by atoms with van der Waals surface area (Å²) in [5.41, 5.74) is 7.78. The second-order valence-electron chi connectivity index (χ2n) is 7.10. The van der Waals surface area contributed by atoms with Crippen LogP contribution in [-0.2, 0) is 9.53 Å². The van der Waals surface area contributed by atoms with E-state index in [1.807, 2.05) is 20.8 Å². The van der Waals surface area contributed by atoms with Crippen molar-refractivity contribution in [1.29, 1.82) is 0 Å². The van der Waals surface area contributed by atoms with E-state index in [-0.39, 0.29) is 23.0 Å². The Hall–Kier alpha value is -1.25. The van der Waals surface area contributed by atoms with E-state index in [0.29, 0.717) is 0 Å². The molecule has 1 amide bonds. The molecule has 0 fully saturated rings. The molecule has 0 aliphatic heterocycles. The summed E-state index contributed by atoms with van der Waals surface area (Å²) in [7, 11) is 3.02. The number of carboxylic acid groups (broad SMARTS) is 1. The third-order valence-corrected chi connectivity index (χ3v) is 6.09. The lowest BCUT2D eigenvalue weighted by molar-refractivity contribution is -0.139. The highest BCUT2D eigenvalue weighted by molar-refractivity contribution is 8.77. The number of nitrogens with zero attached hydrogens (tertiary/aromatic N) is 3. The van der Waals surface area contributed by atoms with Gasteiger partial charge in [0, 0.05) is 21.5 Å². The number of amides is 1. The fourth-order valence-corrected chi connectivity index (χ4v) is 3.93. The van der Waals surface area contributed by atoms with Crippen LogP contribution in [0.3, 0.4) is 0 Å². The van der Waals surface area contributed by atoms with Crippen LogP contribution in [0, 0.1) is 0 Å². The number of carbonyl (C=O) groups is 2. The van der Waals surface area contributed by atoms with E-state index >= 15 is 0 Å². The first-order valence-corrected chi connectivity index (χ1v) is 9.63. The van der Waals surface area contributed by atoms with Gasteiger partial charge in [-0.05, 0) is 32.7 Å². The highest BCUT2D eigenvalue weighted by Crippen LogP contribution is 2.39. The van der Waals surface area contributed by atoms with Crippen LogP contribution in [0.25, 0.3) is 10.4 Å². The highest BCUT2D eigenvalue weighted by Gasteiger charge is 2.28. The molecule has 0 bridgehead atoms. The van der Waals surface area contributed by atoms with E-state index in [2.05, 4.69) is 15.3 Å². The fourth-order valence-electron chi connectivity index (χ4n) is 1.42. The molecule has 24 heavy (non-hydrogen) atoms. The van der Waals surface area contributed by atoms with Gasteiger partial charge in [0.1, 0.15) is 11.6 Å². The van der Waals surface area contributed by atoms with Gasteiger partial charge in [0.05, 0.1) is 0 Å². The number of carbonyl (C=O) groups excluding carboxylic acids is 1. The fraction of sp³-hybridized carbons (Fsp3) is 0.857. The molecule has 0 saturated carbocycles. The summed E-state index contributed by atoms with van der Waals surface area (Å²) in [4.78, 5) is 25.9. The van der Waals surface area contributed by atoms with Gasteiger partial charge in [-0.25, -0.2) is 9.59 Å². The molecule has 138 valence electrons. The number of aliphatic carboxylic acids is 1. The van der Waals surface area contributed by atoms with Crippen molar-refractivity contribution in [2.24, 2.45) is 5.11 Å². The summed E-state index contributed by atoms with van der Waals surface area (Å²) >= 11 is 0. The van der Waals surface area contributed by atoms with Crippen LogP contribution < -0.4 is 5.32 Å². The zero-order valence-electron chi connectivity index (χ0n) is 14.9. The molecule has 8 nitrogen and oxygen atoms in total. The van der Waals surface area contributed by atoms with Gasteiger partial charge in [0.25, 0.3) is 0 Å². The lowest BCUT2D eigenvalue weighted by Crippen LogP contribution is -2.45. The normalized spacial score (nSPS) is 14.2. The van der Waals surface area contributed by atoms with Crippen molar-refractivity contribution in [1.82, 2.24) is 5.32 Å². The molecule has 2 N–H and O–H groups in total. The van der Waals surface area contributed by atoms with Crippen LogP contribution in [0.2, 0.25) is 0 Å². The molecule has 2 atom stereocenters. The predicted octanol–water partition coefficient (Wildman–Crippen LogP) is 4.21. The molecule has 0 heterocycles. The summed E-state index contributed by atoms with van der Waals surface area (Å²) in [6.07, 6.45) is -0.660. The lowest BCUT2D eigenvalue weighted by atomic mass is 10.1. The first-order chi connectivity index (χ1) is 10.8. The smallest absolute Gasteiger partial charge is 0.408 e.